The lowest BCUT2D eigenvalue weighted by Gasteiger charge is -2.36. The standard InChI is InChI=1S/C14H21N3O4/c18-12-9-4-2-6-17(11(9)7-15-12)14(21)16-10-5-1-3-8(10)13(19)20/h8-11H,1-7H2,(H,15,18)(H,16,21)(H,19,20). The van der Waals surface area contributed by atoms with Crippen molar-refractivity contribution in [3.63, 3.8) is 0 Å². The van der Waals surface area contributed by atoms with Gasteiger partial charge in [0.25, 0.3) is 0 Å². The Bertz CT molecular complexity index is 467. The fourth-order valence-corrected chi connectivity index (χ4v) is 3.87. The SMILES string of the molecule is O=C(O)C1CCCC1NC(=O)N1CCCC2C(=O)NCC21. The second-order valence-electron chi connectivity index (χ2n) is 6.19. The summed E-state index contributed by atoms with van der Waals surface area (Å²) < 4.78 is 0. The van der Waals surface area contributed by atoms with Gasteiger partial charge < -0.3 is 20.6 Å². The highest BCUT2D eigenvalue weighted by Gasteiger charge is 2.43. The summed E-state index contributed by atoms with van der Waals surface area (Å²) in [4.78, 5) is 37.1. The number of carboxylic acids is 1. The van der Waals surface area contributed by atoms with Gasteiger partial charge in [-0.2, -0.15) is 0 Å². The molecule has 1 aliphatic carbocycles. The van der Waals surface area contributed by atoms with E-state index in [1.54, 1.807) is 4.90 Å². The van der Waals surface area contributed by atoms with Crippen molar-refractivity contribution >= 4 is 17.9 Å². The Hall–Kier alpha value is -1.79. The minimum Gasteiger partial charge on any atom is -0.481 e. The number of carboxylic acid groups (broad SMARTS) is 1. The van der Waals surface area contributed by atoms with Crippen LogP contribution in [0.15, 0.2) is 0 Å². The van der Waals surface area contributed by atoms with Crippen molar-refractivity contribution in [1.82, 2.24) is 15.5 Å². The minimum absolute atomic E-state index is 0.0294. The van der Waals surface area contributed by atoms with E-state index in [0.717, 1.165) is 19.3 Å². The molecule has 2 aliphatic heterocycles. The van der Waals surface area contributed by atoms with Gasteiger partial charge in [-0.25, -0.2) is 4.79 Å². The van der Waals surface area contributed by atoms with Gasteiger partial charge in [0.05, 0.1) is 17.9 Å². The molecule has 0 aromatic rings. The average Bonchev–Trinajstić information content (AvgIpc) is 3.06. The Morgan fingerprint density at radius 2 is 2.05 bits per heavy atom. The Morgan fingerprint density at radius 1 is 1.24 bits per heavy atom. The first-order valence-corrected chi connectivity index (χ1v) is 7.65. The van der Waals surface area contributed by atoms with E-state index >= 15 is 0 Å². The lowest BCUT2D eigenvalue weighted by molar-refractivity contribution is -0.142. The summed E-state index contributed by atoms with van der Waals surface area (Å²) in [5, 5.41) is 14.9. The van der Waals surface area contributed by atoms with E-state index in [9.17, 15) is 19.5 Å². The summed E-state index contributed by atoms with van der Waals surface area (Å²) in [5.41, 5.74) is 0. The van der Waals surface area contributed by atoms with Crippen LogP contribution in [-0.2, 0) is 9.59 Å². The monoisotopic (exact) mass is 295 g/mol. The predicted octanol–water partition coefficient (Wildman–Crippen LogP) is 0.160. The second-order valence-corrected chi connectivity index (χ2v) is 6.19. The van der Waals surface area contributed by atoms with Crippen molar-refractivity contribution in [2.24, 2.45) is 11.8 Å². The first-order valence-electron chi connectivity index (χ1n) is 7.65. The van der Waals surface area contributed by atoms with E-state index in [4.69, 9.17) is 0 Å². The van der Waals surface area contributed by atoms with Gasteiger partial charge in [0, 0.05) is 19.1 Å². The van der Waals surface area contributed by atoms with Crippen LogP contribution in [0.25, 0.3) is 0 Å². The lowest BCUT2D eigenvalue weighted by atomic mass is 9.92. The number of piperidine rings is 1. The first kappa shape index (κ1) is 14.2. The molecule has 3 rings (SSSR count). The molecule has 3 N–H and O–H groups in total. The number of hydrogen-bond donors (Lipinski definition) is 3. The summed E-state index contributed by atoms with van der Waals surface area (Å²) in [6.07, 6.45) is 3.79. The largest absolute Gasteiger partial charge is 0.481 e. The number of nitrogens with one attached hydrogen (secondary N) is 2. The van der Waals surface area contributed by atoms with Crippen LogP contribution in [0.3, 0.4) is 0 Å². The maximum atomic E-state index is 12.5. The Labute approximate surface area is 123 Å². The number of fused-ring (bicyclic) bond motifs is 1. The van der Waals surface area contributed by atoms with Gasteiger partial charge >= 0.3 is 12.0 Å². The number of likely N-dealkylation sites (tertiary alicyclic amines) is 1. The van der Waals surface area contributed by atoms with Gasteiger partial charge in [0.15, 0.2) is 0 Å². The molecule has 0 spiro atoms. The van der Waals surface area contributed by atoms with Crippen molar-refractivity contribution < 1.29 is 19.5 Å². The highest BCUT2D eigenvalue weighted by molar-refractivity contribution is 5.84. The first-order chi connectivity index (χ1) is 10.1. The van der Waals surface area contributed by atoms with Crippen LogP contribution in [0, 0.1) is 11.8 Å². The number of amides is 3. The van der Waals surface area contributed by atoms with E-state index in [1.807, 2.05) is 0 Å². The van der Waals surface area contributed by atoms with Gasteiger partial charge in [-0.15, -0.1) is 0 Å². The summed E-state index contributed by atoms with van der Waals surface area (Å²) in [5.74, 6) is -1.41. The zero-order valence-corrected chi connectivity index (χ0v) is 11.9. The molecule has 21 heavy (non-hydrogen) atoms. The van der Waals surface area contributed by atoms with Crippen molar-refractivity contribution in [3.8, 4) is 0 Å². The average molecular weight is 295 g/mol. The molecule has 7 heteroatoms. The third-order valence-corrected chi connectivity index (χ3v) is 5.00. The quantitative estimate of drug-likeness (QED) is 0.676. The van der Waals surface area contributed by atoms with Crippen LogP contribution < -0.4 is 10.6 Å². The highest BCUT2D eigenvalue weighted by atomic mass is 16.4. The van der Waals surface area contributed by atoms with Gasteiger partial charge in [-0.1, -0.05) is 6.42 Å². The number of rotatable bonds is 2. The van der Waals surface area contributed by atoms with Crippen molar-refractivity contribution in [2.75, 3.05) is 13.1 Å². The van der Waals surface area contributed by atoms with Crippen molar-refractivity contribution in [1.29, 1.82) is 0 Å². The summed E-state index contributed by atoms with van der Waals surface area (Å²) >= 11 is 0. The number of carbonyl (C=O) groups excluding carboxylic acids is 2. The fraction of sp³-hybridized carbons (Fsp3) is 0.786. The minimum atomic E-state index is -0.841. The van der Waals surface area contributed by atoms with Crippen molar-refractivity contribution in [3.05, 3.63) is 0 Å². The Balaban J connectivity index is 1.65. The maximum absolute atomic E-state index is 12.5. The van der Waals surface area contributed by atoms with Crippen LogP contribution in [0.5, 0.6) is 0 Å². The van der Waals surface area contributed by atoms with Crippen LogP contribution in [0.4, 0.5) is 4.79 Å². The molecule has 0 aromatic carbocycles. The molecular weight excluding hydrogens is 274 g/mol. The van der Waals surface area contributed by atoms with Crippen molar-refractivity contribution in [2.45, 2.75) is 44.2 Å². The molecule has 3 amide bonds. The molecule has 0 radical (unpaired) electrons. The summed E-state index contributed by atoms with van der Waals surface area (Å²) in [6.45, 7) is 1.14. The molecule has 0 bridgehead atoms. The third kappa shape index (κ3) is 2.56. The molecule has 2 saturated heterocycles. The Kier molecular flexibility index (Phi) is 3.73. The number of hydrogen-bond acceptors (Lipinski definition) is 3. The fourth-order valence-electron chi connectivity index (χ4n) is 3.87. The highest BCUT2D eigenvalue weighted by Crippen LogP contribution is 2.29. The number of urea groups is 1. The van der Waals surface area contributed by atoms with Crippen LogP contribution in [0.2, 0.25) is 0 Å². The number of carbonyl (C=O) groups is 3. The molecule has 3 fully saturated rings. The summed E-state index contributed by atoms with van der Waals surface area (Å²) in [7, 11) is 0. The Morgan fingerprint density at radius 3 is 2.81 bits per heavy atom. The van der Waals surface area contributed by atoms with E-state index in [2.05, 4.69) is 10.6 Å². The predicted molar refractivity (Wildman–Crippen MR) is 73.5 cm³/mol. The number of aliphatic carboxylic acids is 1. The van der Waals surface area contributed by atoms with Gasteiger partial charge in [0.2, 0.25) is 5.91 Å². The lowest BCUT2D eigenvalue weighted by Crippen LogP contribution is -2.55. The normalized spacial score (nSPS) is 35.2. The van der Waals surface area contributed by atoms with Gasteiger partial charge in [-0.05, 0) is 25.7 Å². The van der Waals surface area contributed by atoms with E-state index in [1.165, 1.54) is 0 Å². The van der Waals surface area contributed by atoms with Gasteiger partial charge in [0.1, 0.15) is 0 Å². The van der Waals surface area contributed by atoms with Gasteiger partial charge in [-0.3, -0.25) is 9.59 Å². The van der Waals surface area contributed by atoms with E-state index in [0.29, 0.717) is 25.9 Å². The number of nitrogens with zero attached hydrogens (tertiary/aromatic N) is 1. The molecule has 116 valence electrons. The molecule has 3 aliphatic rings. The van der Waals surface area contributed by atoms with E-state index in [-0.39, 0.29) is 29.9 Å². The zero-order valence-electron chi connectivity index (χ0n) is 11.9. The van der Waals surface area contributed by atoms with E-state index < -0.39 is 11.9 Å². The molecule has 4 atom stereocenters. The molecule has 7 nitrogen and oxygen atoms in total. The molecule has 0 aromatic heterocycles. The van der Waals surface area contributed by atoms with Crippen LogP contribution >= 0.6 is 0 Å². The molecule has 4 unspecified atom stereocenters. The second kappa shape index (κ2) is 5.54. The maximum Gasteiger partial charge on any atom is 0.317 e. The molecular formula is C14H21N3O4. The topological polar surface area (TPSA) is 98.7 Å². The molecule has 1 saturated carbocycles. The smallest absolute Gasteiger partial charge is 0.317 e. The van der Waals surface area contributed by atoms with Crippen LogP contribution in [0.1, 0.15) is 32.1 Å². The zero-order chi connectivity index (χ0) is 15.0. The third-order valence-electron chi connectivity index (χ3n) is 5.00. The van der Waals surface area contributed by atoms with Crippen LogP contribution in [-0.4, -0.2) is 53.1 Å². The molecule has 2 heterocycles. The summed E-state index contributed by atoms with van der Waals surface area (Å²) in [6, 6.07) is -0.601.